The zero-order valence-corrected chi connectivity index (χ0v) is 27.9. The maximum absolute atomic E-state index is 14.3. The van der Waals surface area contributed by atoms with Gasteiger partial charge in [-0.3, -0.25) is 18.8 Å². The molecule has 0 saturated carbocycles. The van der Waals surface area contributed by atoms with Gasteiger partial charge in [-0.05, 0) is 75.3 Å². The predicted octanol–water partition coefficient (Wildman–Crippen LogP) is 2.87. The summed E-state index contributed by atoms with van der Waals surface area (Å²) >= 11 is 0. The monoisotopic (exact) mass is 677 g/mol. The molecular formula is C35H41F2N7O5. The summed E-state index contributed by atoms with van der Waals surface area (Å²) in [4.78, 5) is 53.3. The summed E-state index contributed by atoms with van der Waals surface area (Å²) in [6.07, 6.45) is 4.49. The zero-order chi connectivity index (χ0) is 35.1. The number of aromatic nitrogens is 3. The fourth-order valence-corrected chi connectivity index (χ4v) is 5.75. The molecule has 5 unspecified atom stereocenters. The number of methoxy groups -OCH3 is 1. The van der Waals surface area contributed by atoms with Gasteiger partial charge in [-0.2, -0.15) is 0 Å². The number of amides is 3. The molecule has 0 aliphatic carbocycles. The number of nitrogens with one attached hydrogen (secondary N) is 2. The molecule has 5 atom stereocenters. The lowest BCUT2D eigenvalue weighted by molar-refractivity contribution is -0.141. The lowest BCUT2D eigenvalue weighted by Gasteiger charge is -2.34. The molecule has 260 valence electrons. The van der Waals surface area contributed by atoms with Gasteiger partial charge < -0.3 is 29.9 Å². The number of benzene rings is 2. The summed E-state index contributed by atoms with van der Waals surface area (Å²) in [6.45, 7) is 3.86. The van der Waals surface area contributed by atoms with Crippen molar-refractivity contribution in [1.29, 1.82) is 0 Å². The summed E-state index contributed by atoms with van der Waals surface area (Å²) in [5.74, 6) is -1.14. The molecule has 0 radical (unpaired) electrons. The van der Waals surface area contributed by atoms with Crippen LogP contribution in [-0.4, -0.2) is 106 Å². The van der Waals surface area contributed by atoms with Crippen molar-refractivity contribution in [3.05, 3.63) is 96.1 Å². The van der Waals surface area contributed by atoms with Crippen molar-refractivity contribution in [2.24, 2.45) is 0 Å². The van der Waals surface area contributed by atoms with Gasteiger partial charge in [0, 0.05) is 45.2 Å². The van der Waals surface area contributed by atoms with Crippen LogP contribution in [0.1, 0.15) is 36.3 Å². The first-order valence-corrected chi connectivity index (χ1v) is 16.1. The number of halogens is 2. The molecule has 3 heterocycles. The number of imidazole rings is 1. The molecular weight excluding hydrogens is 636 g/mol. The highest BCUT2D eigenvalue weighted by Crippen LogP contribution is 2.26. The van der Waals surface area contributed by atoms with Crippen LogP contribution in [0.25, 0.3) is 5.78 Å². The van der Waals surface area contributed by atoms with E-state index >= 15 is 0 Å². The van der Waals surface area contributed by atoms with Gasteiger partial charge in [0.2, 0.25) is 17.6 Å². The Morgan fingerprint density at radius 2 is 1.76 bits per heavy atom. The second kappa shape index (κ2) is 16.0. The Morgan fingerprint density at radius 3 is 2.41 bits per heavy atom. The van der Waals surface area contributed by atoms with Crippen molar-refractivity contribution in [2.75, 3.05) is 33.8 Å². The van der Waals surface area contributed by atoms with E-state index in [2.05, 4.69) is 20.6 Å². The van der Waals surface area contributed by atoms with E-state index in [4.69, 9.17) is 9.47 Å². The Kier molecular flexibility index (Phi) is 11.5. The molecule has 0 bridgehead atoms. The topological polar surface area (TPSA) is 130 Å². The molecule has 0 spiro atoms. The fourth-order valence-electron chi connectivity index (χ4n) is 5.75. The molecule has 14 heteroatoms. The smallest absolute Gasteiger partial charge is 0.274 e. The first kappa shape index (κ1) is 35.4. The SMILES string of the molecule is CNC(C)C(=O)NC(C(=O)N1CC(Oc2ccc(F)cc2)CC1CN(CCc1ccc(F)cc1)C(=O)c1cn2cccnc2n1)C(C)OC. The maximum atomic E-state index is 14.3. The number of fused-ring (bicyclic) bond motifs is 1. The number of likely N-dealkylation sites (N-methyl/N-ethyl adjacent to an activating group) is 1. The van der Waals surface area contributed by atoms with Gasteiger partial charge in [0.1, 0.15) is 35.2 Å². The summed E-state index contributed by atoms with van der Waals surface area (Å²) in [6, 6.07) is 11.2. The number of nitrogens with zero attached hydrogens (tertiary/aromatic N) is 5. The second-order valence-electron chi connectivity index (χ2n) is 12.1. The van der Waals surface area contributed by atoms with Crippen LogP contribution in [0, 0.1) is 11.6 Å². The molecule has 49 heavy (non-hydrogen) atoms. The van der Waals surface area contributed by atoms with Gasteiger partial charge in [-0.15, -0.1) is 0 Å². The van der Waals surface area contributed by atoms with Gasteiger partial charge >= 0.3 is 0 Å². The molecule has 1 fully saturated rings. The lowest BCUT2D eigenvalue weighted by Crippen LogP contribution is -2.58. The van der Waals surface area contributed by atoms with E-state index < -0.39 is 42.1 Å². The van der Waals surface area contributed by atoms with Crippen molar-refractivity contribution in [2.45, 2.75) is 57.0 Å². The fraction of sp³-hybridized carbons (Fsp3) is 0.400. The molecule has 2 aromatic carbocycles. The highest BCUT2D eigenvalue weighted by Gasteiger charge is 2.42. The minimum Gasteiger partial charge on any atom is -0.489 e. The third kappa shape index (κ3) is 8.75. The van der Waals surface area contributed by atoms with Crippen molar-refractivity contribution in [3.63, 3.8) is 0 Å². The first-order chi connectivity index (χ1) is 23.6. The summed E-state index contributed by atoms with van der Waals surface area (Å²) in [7, 11) is 3.10. The van der Waals surface area contributed by atoms with Gasteiger partial charge in [0.25, 0.3) is 5.91 Å². The van der Waals surface area contributed by atoms with Crippen LogP contribution in [-0.2, 0) is 20.7 Å². The molecule has 5 rings (SSSR count). The van der Waals surface area contributed by atoms with E-state index in [1.165, 1.54) is 43.5 Å². The Balaban J connectivity index is 1.45. The number of hydrogen-bond donors (Lipinski definition) is 2. The average Bonchev–Trinajstić information content (AvgIpc) is 3.73. The molecule has 2 aromatic heterocycles. The van der Waals surface area contributed by atoms with Crippen LogP contribution in [0.2, 0.25) is 0 Å². The van der Waals surface area contributed by atoms with Gasteiger partial charge in [0.15, 0.2) is 0 Å². The molecule has 1 saturated heterocycles. The predicted molar refractivity (Wildman–Crippen MR) is 177 cm³/mol. The summed E-state index contributed by atoms with van der Waals surface area (Å²) in [5, 5.41) is 5.70. The van der Waals surface area contributed by atoms with Crippen molar-refractivity contribution in [1.82, 2.24) is 34.8 Å². The number of ether oxygens (including phenoxy) is 2. The largest absolute Gasteiger partial charge is 0.489 e. The number of likely N-dealkylation sites (tertiary alicyclic amines) is 1. The molecule has 1 aliphatic heterocycles. The molecule has 12 nitrogen and oxygen atoms in total. The molecule has 4 aromatic rings. The minimum absolute atomic E-state index is 0.102. The Morgan fingerprint density at radius 1 is 1.06 bits per heavy atom. The third-order valence-electron chi connectivity index (χ3n) is 8.76. The first-order valence-electron chi connectivity index (χ1n) is 16.1. The van der Waals surface area contributed by atoms with E-state index in [-0.39, 0.29) is 43.0 Å². The van der Waals surface area contributed by atoms with Crippen LogP contribution in [0.4, 0.5) is 8.78 Å². The molecule has 3 amide bonds. The van der Waals surface area contributed by atoms with Crippen LogP contribution in [0.3, 0.4) is 0 Å². The number of carbonyl (C=O) groups is 3. The second-order valence-corrected chi connectivity index (χ2v) is 12.1. The van der Waals surface area contributed by atoms with Crippen molar-refractivity contribution >= 4 is 23.5 Å². The lowest BCUT2D eigenvalue weighted by atomic mass is 10.1. The highest BCUT2D eigenvalue weighted by atomic mass is 19.1. The quantitative estimate of drug-likeness (QED) is 0.209. The molecule has 1 aliphatic rings. The van der Waals surface area contributed by atoms with Crippen LogP contribution in [0.5, 0.6) is 5.75 Å². The van der Waals surface area contributed by atoms with Gasteiger partial charge in [-0.25, -0.2) is 18.7 Å². The van der Waals surface area contributed by atoms with Gasteiger partial charge in [-0.1, -0.05) is 12.1 Å². The van der Waals surface area contributed by atoms with E-state index in [1.807, 2.05) is 0 Å². The molecule has 2 N–H and O–H groups in total. The third-order valence-corrected chi connectivity index (χ3v) is 8.76. The van der Waals surface area contributed by atoms with E-state index in [9.17, 15) is 23.2 Å². The summed E-state index contributed by atoms with van der Waals surface area (Å²) in [5.41, 5.74) is 0.995. The Bertz CT molecular complexity index is 1700. The van der Waals surface area contributed by atoms with E-state index in [0.717, 1.165) is 5.56 Å². The van der Waals surface area contributed by atoms with E-state index in [0.29, 0.717) is 24.4 Å². The van der Waals surface area contributed by atoms with Gasteiger partial charge in [0.05, 0.1) is 24.7 Å². The number of rotatable bonds is 14. The average molecular weight is 678 g/mol. The van der Waals surface area contributed by atoms with Crippen LogP contribution in [0.15, 0.2) is 73.2 Å². The Hall–Kier alpha value is -4.95. The maximum Gasteiger partial charge on any atom is 0.274 e. The standard InChI is InChI=1S/C35H41F2N7O5/c1-22(38-3)32(45)41-31(23(2)48-4)34(47)44-20-29(49-28-12-10-26(37)11-13-28)18-27(44)19-42(17-14-24-6-8-25(36)9-7-24)33(46)30-21-43-16-5-15-39-35(43)40-30/h5-13,15-16,21-23,27,29,31,38H,14,17-20H2,1-4H3,(H,41,45). The number of hydrogen-bond acceptors (Lipinski definition) is 8. The highest BCUT2D eigenvalue weighted by molar-refractivity contribution is 5.93. The number of carbonyl (C=O) groups excluding carboxylic acids is 3. The zero-order valence-electron chi connectivity index (χ0n) is 27.9. The normalized spacial score (nSPS) is 17.8. The van der Waals surface area contributed by atoms with E-state index in [1.54, 1.807) is 71.9 Å². The van der Waals surface area contributed by atoms with Crippen molar-refractivity contribution in [3.8, 4) is 5.75 Å². The summed E-state index contributed by atoms with van der Waals surface area (Å²) < 4.78 is 40.6. The van der Waals surface area contributed by atoms with Crippen LogP contribution < -0.4 is 15.4 Å². The van der Waals surface area contributed by atoms with Crippen LogP contribution >= 0.6 is 0 Å². The Labute approximate surface area is 283 Å². The van der Waals surface area contributed by atoms with Crippen molar-refractivity contribution < 1.29 is 32.6 Å². The minimum atomic E-state index is -1.03.